The van der Waals surface area contributed by atoms with Gasteiger partial charge in [0.1, 0.15) is 17.2 Å². The highest BCUT2D eigenvalue weighted by molar-refractivity contribution is 6.33. The minimum atomic E-state index is -4.76. The number of ether oxygens (including phenoxy) is 1. The van der Waals surface area contributed by atoms with E-state index in [9.17, 15) is 37.8 Å². The fourth-order valence-electron chi connectivity index (χ4n) is 9.25. The summed E-state index contributed by atoms with van der Waals surface area (Å²) < 4.78 is 46.3. The number of carbonyl (C=O) groups is 4. The van der Waals surface area contributed by atoms with E-state index >= 15 is 4.79 Å². The number of amides is 4. The largest absolute Gasteiger partial charge is 0.508 e. The number of benzene rings is 3. The standard InChI is InChI=1S/C41H33Cl2F3N4O7/c1-57-32-17-25(52)10-11-27(32)34-26-12-13-28-33(38(55)49(36(28)53)15-14-20-2-8-24(51)9-3-20)29(26)18-30-37(54)50(39(56)40(30,34)21-4-6-23(42)7-5-21)48-35-31(43)16-22(19-47-35)41(44,45)46/h2-12,16-17,19,28-30,33-34,51-52H,13-15,18H2,1H3,(H,47,48)/t28-,29+,30-,33-,34+,40+/m0/s1. The summed E-state index contributed by atoms with van der Waals surface area (Å²) in [6.45, 7) is 0.0842. The van der Waals surface area contributed by atoms with Crippen LogP contribution in [0.4, 0.5) is 19.0 Å². The highest BCUT2D eigenvalue weighted by atomic mass is 35.5. The number of anilines is 1. The van der Waals surface area contributed by atoms with Gasteiger partial charge in [-0.15, -0.1) is 0 Å². The van der Waals surface area contributed by atoms with Crippen LogP contribution in [0.3, 0.4) is 0 Å². The molecule has 0 spiro atoms. The van der Waals surface area contributed by atoms with E-state index in [1.807, 2.05) is 6.08 Å². The number of methoxy groups -OCH3 is 1. The Labute approximate surface area is 333 Å². The van der Waals surface area contributed by atoms with Crippen molar-refractivity contribution in [3.8, 4) is 17.2 Å². The van der Waals surface area contributed by atoms with E-state index in [-0.39, 0.29) is 48.4 Å². The second-order valence-electron chi connectivity index (χ2n) is 14.6. The molecular formula is C41H33Cl2F3N4O7. The van der Waals surface area contributed by atoms with Crippen LogP contribution in [0, 0.1) is 23.7 Å². The summed E-state index contributed by atoms with van der Waals surface area (Å²) in [5.74, 6) is -7.19. The van der Waals surface area contributed by atoms with E-state index in [1.165, 1.54) is 36.3 Å². The Morgan fingerprint density at radius 2 is 1.61 bits per heavy atom. The monoisotopic (exact) mass is 820 g/mol. The van der Waals surface area contributed by atoms with E-state index in [0.717, 1.165) is 5.56 Å². The molecule has 1 saturated carbocycles. The zero-order valence-corrected chi connectivity index (χ0v) is 31.5. The van der Waals surface area contributed by atoms with E-state index < -0.39 is 69.5 Å². The van der Waals surface area contributed by atoms with Gasteiger partial charge >= 0.3 is 6.18 Å². The van der Waals surface area contributed by atoms with Gasteiger partial charge in [0, 0.05) is 35.3 Å². The number of phenolic OH excluding ortho intramolecular Hbond substituents is 2. The third-order valence-corrected chi connectivity index (χ3v) is 12.3. The molecule has 57 heavy (non-hydrogen) atoms. The Kier molecular flexibility index (Phi) is 9.47. The molecule has 0 bridgehead atoms. The number of aromatic hydroxyl groups is 2. The predicted octanol–water partition coefficient (Wildman–Crippen LogP) is 7.05. The minimum absolute atomic E-state index is 0.0612. The first-order valence-corrected chi connectivity index (χ1v) is 18.7. The van der Waals surface area contributed by atoms with E-state index in [2.05, 4.69) is 10.4 Å². The lowest BCUT2D eigenvalue weighted by atomic mass is 9.49. The molecule has 8 rings (SSSR count). The number of nitrogens with one attached hydrogen (secondary N) is 1. The fourth-order valence-corrected chi connectivity index (χ4v) is 9.59. The third-order valence-electron chi connectivity index (χ3n) is 11.7. The maximum atomic E-state index is 15.4. The lowest BCUT2D eigenvalue weighted by Gasteiger charge is -2.50. The van der Waals surface area contributed by atoms with Crippen molar-refractivity contribution in [3.63, 3.8) is 0 Å². The fraction of sp³-hybridized carbons (Fsp3) is 0.293. The Morgan fingerprint density at radius 1 is 0.912 bits per heavy atom. The first-order valence-electron chi connectivity index (χ1n) is 18.0. The molecule has 1 aromatic heterocycles. The van der Waals surface area contributed by atoms with E-state index in [0.29, 0.717) is 45.4 Å². The molecule has 4 aromatic rings. The summed E-state index contributed by atoms with van der Waals surface area (Å²) >= 11 is 12.6. The van der Waals surface area contributed by atoms with Crippen molar-refractivity contribution in [1.29, 1.82) is 0 Å². The van der Waals surface area contributed by atoms with Gasteiger partial charge in [-0.25, -0.2) is 4.98 Å². The molecule has 11 nitrogen and oxygen atoms in total. The maximum Gasteiger partial charge on any atom is 0.417 e. The molecule has 6 atom stereocenters. The lowest BCUT2D eigenvalue weighted by Crippen LogP contribution is -2.53. The highest BCUT2D eigenvalue weighted by Gasteiger charge is 2.70. The summed E-state index contributed by atoms with van der Waals surface area (Å²) in [6, 6.07) is 17.8. The van der Waals surface area contributed by atoms with Crippen molar-refractivity contribution in [2.75, 3.05) is 19.1 Å². The van der Waals surface area contributed by atoms with E-state index in [4.69, 9.17) is 27.9 Å². The van der Waals surface area contributed by atoms with Crippen molar-refractivity contribution < 1.29 is 47.3 Å². The molecule has 3 aromatic carbocycles. The van der Waals surface area contributed by atoms with Crippen molar-refractivity contribution in [3.05, 3.63) is 123 Å². The molecule has 2 aliphatic heterocycles. The molecule has 4 aliphatic rings. The molecule has 4 amide bonds. The average Bonchev–Trinajstić information content (AvgIpc) is 3.55. The summed E-state index contributed by atoms with van der Waals surface area (Å²) in [4.78, 5) is 63.7. The summed E-state index contributed by atoms with van der Waals surface area (Å²) in [5, 5.41) is 20.8. The Bertz CT molecular complexity index is 2360. The van der Waals surface area contributed by atoms with Gasteiger partial charge in [0.15, 0.2) is 5.82 Å². The van der Waals surface area contributed by atoms with Crippen molar-refractivity contribution in [2.45, 2.75) is 36.8 Å². The van der Waals surface area contributed by atoms with Crippen LogP contribution < -0.4 is 10.2 Å². The number of hydrogen-bond acceptors (Lipinski definition) is 9. The highest BCUT2D eigenvalue weighted by Crippen LogP contribution is 2.65. The smallest absolute Gasteiger partial charge is 0.417 e. The van der Waals surface area contributed by atoms with Crippen LogP contribution in [-0.2, 0) is 37.2 Å². The number of phenols is 2. The Hall–Kier alpha value is -5.60. The lowest BCUT2D eigenvalue weighted by molar-refractivity contribution is -0.141. The molecule has 0 radical (unpaired) electrons. The number of likely N-dealkylation sites (tertiary alicyclic amines) is 1. The molecule has 3 N–H and O–H groups in total. The van der Waals surface area contributed by atoms with Crippen molar-refractivity contribution >= 4 is 52.6 Å². The van der Waals surface area contributed by atoms with Gasteiger partial charge in [0.2, 0.25) is 11.8 Å². The number of imide groups is 2. The first kappa shape index (κ1) is 38.3. The quantitative estimate of drug-likeness (QED) is 0.126. The SMILES string of the molecule is COc1cc(O)ccc1[C@H]1C2=CC[C@@H]3C(=O)N(CCc4ccc(O)cc4)C(=O)[C@@H]3[C@@H]2C[C@H]2C(=O)N(Nc3ncc(C(F)(F)F)cc3Cl)C(=O)[C@@]12c1ccc(Cl)cc1. The van der Waals surface area contributed by atoms with Gasteiger partial charge in [0.05, 0.1) is 40.9 Å². The van der Waals surface area contributed by atoms with Crippen molar-refractivity contribution in [1.82, 2.24) is 14.9 Å². The third kappa shape index (κ3) is 6.16. The number of allylic oxidation sites excluding steroid dienone is 2. The van der Waals surface area contributed by atoms with Crippen LogP contribution in [0.5, 0.6) is 17.2 Å². The van der Waals surface area contributed by atoms with Gasteiger partial charge in [-0.05, 0) is 72.7 Å². The topological polar surface area (TPSA) is 149 Å². The summed E-state index contributed by atoms with van der Waals surface area (Å²) in [5.41, 5.74) is 1.88. The number of rotatable bonds is 8. The van der Waals surface area contributed by atoms with Gasteiger partial charge in [-0.3, -0.25) is 29.5 Å². The van der Waals surface area contributed by atoms with E-state index in [1.54, 1.807) is 42.5 Å². The number of hydrogen-bond donors (Lipinski definition) is 3. The molecule has 0 unspecified atom stereocenters. The normalized spacial score (nSPS) is 25.6. The van der Waals surface area contributed by atoms with Crippen LogP contribution in [0.25, 0.3) is 0 Å². The van der Waals surface area contributed by atoms with Crippen molar-refractivity contribution in [2.24, 2.45) is 23.7 Å². The molecule has 2 aliphatic carbocycles. The number of alkyl halides is 3. The maximum absolute atomic E-state index is 15.4. The number of pyridine rings is 1. The number of halogens is 5. The zero-order valence-electron chi connectivity index (χ0n) is 30.0. The van der Waals surface area contributed by atoms with Crippen LogP contribution in [0.2, 0.25) is 10.0 Å². The number of hydrazine groups is 1. The molecule has 294 valence electrons. The van der Waals surface area contributed by atoms with Crippen LogP contribution >= 0.6 is 23.2 Å². The second kappa shape index (κ2) is 14.1. The number of carbonyl (C=O) groups excluding carboxylic acids is 4. The van der Waals surface area contributed by atoms with Gasteiger partial charge in [0.25, 0.3) is 11.8 Å². The van der Waals surface area contributed by atoms with Gasteiger partial charge < -0.3 is 14.9 Å². The Morgan fingerprint density at radius 3 is 2.28 bits per heavy atom. The average molecular weight is 822 g/mol. The molecule has 3 heterocycles. The molecule has 3 fully saturated rings. The minimum Gasteiger partial charge on any atom is -0.508 e. The number of nitrogens with zero attached hydrogens (tertiary/aromatic N) is 3. The molecule has 16 heteroatoms. The van der Waals surface area contributed by atoms with Gasteiger partial charge in [-0.1, -0.05) is 65.2 Å². The van der Waals surface area contributed by atoms with Crippen LogP contribution in [-0.4, -0.2) is 62.4 Å². The van der Waals surface area contributed by atoms with Gasteiger partial charge in [-0.2, -0.15) is 18.2 Å². The Balaban J connectivity index is 1.27. The zero-order chi connectivity index (χ0) is 40.6. The summed E-state index contributed by atoms with van der Waals surface area (Å²) in [7, 11) is 1.38. The first-order chi connectivity index (χ1) is 27.1. The predicted molar refractivity (Wildman–Crippen MR) is 200 cm³/mol. The number of fused-ring (bicyclic) bond motifs is 4. The number of aromatic nitrogens is 1. The summed E-state index contributed by atoms with van der Waals surface area (Å²) in [6.07, 6.45) is -1.95. The molecular weight excluding hydrogens is 788 g/mol. The van der Waals surface area contributed by atoms with Crippen LogP contribution in [0.15, 0.2) is 90.6 Å². The molecule has 2 saturated heterocycles. The van der Waals surface area contributed by atoms with Crippen LogP contribution in [0.1, 0.15) is 41.0 Å². The second-order valence-corrected chi connectivity index (χ2v) is 15.4.